The normalized spacial score (nSPS) is 11.0. The van der Waals surface area contributed by atoms with Crippen LogP contribution in [-0.4, -0.2) is 15.0 Å². The predicted molar refractivity (Wildman–Crippen MR) is 165 cm³/mol. The van der Waals surface area contributed by atoms with Crippen LogP contribution in [-0.2, 0) is 0 Å². The van der Waals surface area contributed by atoms with E-state index in [0.717, 1.165) is 50.4 Å². The van der Waals surface area contributed by atoms with Crippen LogP contribution in [0.4, 0.5) is 0 Å². The van der Waals surface area contributed by atoms with Crippen LogP contribution in [0.3, 0.4) is 0 Å². The number of pyridine rings is 1. The van der Waals surface area contributed by atoms with Crippen LogP contribution in [0.2, 0.25) is 0 Å². The lowest BCUT2D eigenvalue weighted by Crippen LogP contribution is -1.96. The fraction of sp³-hybridized carbons (Fsp3) is 0. The fourth-order valence-corrected chi connectivity index (χ4v) is 5.22. The summed E-state index contributed by atoms with van der Waals surface area (Å²) in [6.45, 7) is 0. The fourth-order valence-electron chi connectivity index (χ4n) is 5.22. The van der Waals surface area contributed by atoms with Crippen molar-refractivity contribution in [3.8, 4) is 56.2 Å². The van der Waals surface area contributed by atoms with E-state index < -0.39 is 0 Å². The lowest BCUT2D eigenvalue weighted by molar-refractivity contribution is 1.18. The van der Waals surface area contributed by atoms with Gasteiger partial charge in [0.25, 0.3) is 0 Å². The highest BCUT2D eigenvalue weighted by Crippen LogP contribution is 2.36. The molecule has 40 heavy (non-hydrogen) atoms. The molecule has 0 fully saturated rings. The van der Waals surface area contributed by atoms with Crippen molar-refractivity contribution in [2.75, 3.05) is 0 Å². The van der Waals surface area contributed by atoms with Gasteiger partial charge < -0.3 is 0 Å². The van der Waals surface area contributed by atoms with E-state index in [4.69, 9.17) is 9.97 Å². The third kappa shape index (κ3) is 4.55. The zero-order valence-corrected chi connectivity index (χ0v) is 21.8. The van der Waals surface area contributed by atoms with E-state index in [0.29, 0.717) is 0 Å². The van der Waals surface area contributed by atoms with Gasteiger partial charge in [0, 0.05) is 29.1 Å². The van der Waals surface area contributed by atoms with Gasteiger partial charge in [0.05, 0.1) is 11.4 Å². The Morgan fingerprint density at radius 2 is 0.975 bits per heavy atom. The Hall–Kier alpha value is -5.41. The minimum absolute atomic E-state index is 0.719. The van der Waals surface area contributed by atoms with E-state index in [1.165, 1.54) is 16.5 Å². The average Bonchev–Trinajstić information content (AvgIpc) is 3.05. The van der Waals surface area contributed by atoms with E-state index in [1.54, 1.807) is 6.20 Å². The quantitative estimate of drug-likeness (QED) is 0.231. The Labute approximate surface area is 233 Å². The predicted octanol–water partition coefficient (Wildman–Crippen LogP) is 9.36. The molecule has 7 rings (SSSR count). The Bertz CT molecular complexity index is 1860. The zero-order valence-electron chi connectivity index (χ0n) is 21.8. The lowest BCUT2D eigenvalue weighted by Gasteiger charge is -2.13. The van der Waals surface area contributed by atoms with E-state index in [1.807, 2.05) is 48.7 Å². The minimum atomic E-state index is 0.719. The van der Waals surface area contributed by atoms with Crippen LogP contribution in [0.15, 0.2) is 152 Å². The highest BCUT2D eigenvalue weighted by atomic mass is 14.9. The van der Waals surface area contributed by atoms with E-state index >= 15 is 0 Å². The first-order chi connectivity index (χ1) is 19.8. The smallest absolute Gasteiger partial charge is 0.160 e. The molecule has 0 N–H and O–H groups in total. The summed E-state index contributed by atoms with van der Waals surface area (Å²) < 4.78 is 0. The van der Waals surface area contributed by atoms with Gasteiger partial charge in [0.15, 0.2) is 5.82 Å². The summed E-state index contributed by atoms with van der Waals surface area (Å²) >= 11 is 0. The highest BCUT2D eigenvalue weighted by Gasteiger charge is 2.14. The first-order valence-electron chi connectivity index (χ1n) is 13.4. The molecule has 2 heterocycles. The maximum absolute atomic E-state index is 5.08. The van der Waals surface area contributed by atoms with Crippen LogP contribution < -0.4 is 0 Å². The molecule has 0 amide bonds. The molecule has 0 aliphatic heterocycles. The maximum Gasteiger partial charge on any atom is 0.160 e. The van der Waals surface area contributed by atoms with Crippen molar-refractivity contribution in [2.45, 2.75) is 0 Å². The van der Waals surface area contributed by atoms with Crippen LogP contribution in [0.5, 0.6) is 0 Å². The maximum atomic E-state index is 5.08. The molecule has 3 heteroatoms. The number of hydrogen-bond donors (Lipinski definition) is 0. The number of hydrogen-bond acceptors (Lipinski definition) is 3. The molecule has 3 nitrogen and oxygen atoms in total. The molecule has 2 aromatic heterocycles. The van der Waals surface area contributed by atoms with Gasteiger partial charge in [-0.05, 0) is 45.2 Å². The molecule has 7 aromatic rings. The molecule has 5 aromatic carbocycles. The van der Waals surface area contributed by atoms with Gasteiger partial charge >= 0.3 is 0 Å². The van der Waals surface area contributed by atoms with Crippen LogP contribution >= 0.6 is 0 Å². The molecule has 0 radical (unpaired) electrons. The van der Waals surface area contributed by atoms with Gasteiger partial charge in [0.1, 0.15) is 0 Å². The summed E-state index contributed by atoms with van der Waals surface area (Å²) in [6.07, 6.45) is 3.70. The Kier molecular flexibility index (Phi) is 6.15. The van der Waals surface area contributed by atoms with E-state index in [-0.39, 0.29) is 0 Å². The zero-order chi connectivity index (χ0) is 26.7. The summed E-state index contributed by atoms with van der Waals surface area (Å²) in [4.78, 5) is 14.3. The monoisotopic (exact) mass is 511 g/mol. The first-order valence-corrected chi connectivity index (χ1v) is 13.4. The number of benzene rings is 5. The molecular formula is C37H25N3. The van der Waals surface area contributed by atoms with E-state index in [2.05, 4.69) is 102 Å². The first kappa shape index (κ1) is 23.7. The van der Waals surface area contributed by atoms with Gasteiger partial charge in [-0.3, -0.25) is 4.98 Å². The molecule has 0 spiro atoms. The molecule has 0 saturated carbocycles. The Morgan fingerprint density at radius 1 is 0.375 bits per heavy atom. The summed E-state index contributed by atoms with van der Waals surface area (Å²) in [5, 5.41) is 2.35. The van der Waals surface area contributed by atoms with Crippen LogP contribution in [0.25, 0.3) is 66.9 Å². The molecule has 0 aliphatic rings. The molecular weight excluding hydrogens is 486 g/mol. The molecule has 188 valence electrons. The number of aromatic nitrogens is 3. The molecule has 0 saturated heterocycles. The summed E-state index contributed by atoms with van der Waals surface area (Å²) in [7, 11) is 0. The van der Waals surface area contributed by atoms with Crippen LogP contribution in [0, 0.1) is 0 Å². The van der Waals surface area contributed by atoms with Crippen molar-refractivity contribution < 1.29 is 0 Å². The van der Waals surface area contributed by atoms with Crippen LogP contribution in [0.1, 0.15) is 0 Å². The van der Waals surface area contributed by atoms with Crippen molar-refractivity contribution in [2.24, 2.45) is 0 Å². The Balaban J connectivity index is 1.37. The summed E-state index contributed by atoms with van der Waals surface area (Å²) in [5.74, 6) is 0.719. The van der Waals surface area contributed by atoms with Gasteiger partial charge in [-0.1, -0.05) is 127 Å². The van der Waals surface area contributed by atoms with Crippen molar-refractivity contribution in [3.05, 3.63) is 152 Å². The standard InChI is InChI=1S/C37H25N3/c1-3-10-28(11-4-1)35-24-36(40-37(39-35)29-12-5-2-6-13-29)34-18-8-16-32-31(15-7-17-33(32)34)27-21-19-26(20-22-27)30-14-9-23-38-25-30/h1-25H. The second-order valence-corrected chi connectivity index (χ2v) is 9.72. The highest BCUT2D eigenvalue weighted by molar-refractivity contribution is 6.04. The molecule has 0 bridgehead atoms. The van der Waals surface area contributed by atoms with Gasteiger partial charge in [-0.25, -0.2) is 9.97 Å². The number of fused-ring (bicyclic) bond motifs is 1. The second-order valence-electron chi connectivity index (χ2n) is 9.72. The van der Waals surface area contributed by atoms with Crippen molar-refractivity contribution in [1.29, 1.82) is 0 Å². The number of rotatable bonds is 5. The van der Waals surface area contributed by atoms with E-state index in [9.17, 15) is 0 Å². The van der Waals surface area contributed by atoms with Crippen molar-refractivity contribution in [1.82, 2.24) is 15.0 Å². The largest absolute Gasteiger partial charge is 0.264 e. The molecule has 0 aliphatic carbocycles. The topological polar surface area (TPSA) is 38.7 Å². The van der Waals surface area contributed by atoms with Gasteiger partial charge in [-0.2, -0.15) is 0 Å². The SMILES string of the molecule is c1ccc(-c2cc(-c3cccc4c(-c5ccc(-c6cccnc6)cc5)cccc34)nc(-c3ccccc3)n2)cc1. The molecule has 0 unspecified atom stereocenters. The molecule has 0 atom stereocenters. The summed E-state index contributed by atoms with van der Waals surface area (Å²) in [5.41, 5.74) is 9.59. The van der Waals surface area contributed by atoms with Crippen molar-refractivity contribution >= 4 is 10.8 Å². The number of nitrogens with zero attached hydrogens (tertiary/aromatic N) is 3. The minimum Gasteiger partial charge on any atom is -0.264 e. The van der Waals surface area contributed by atoms with Gasteiger partial charge in [0.2, 0.25) is 0 Å². The third-order valence-corrected chi connectivity index (χ3v) is 7.22. The van der Waals surface area contributed by atoms with Gasteiger partial charge in [-0.15, -0.1) is 0 Å². The lowest BCUT2D eigenvalue weighted by atomic mass is 9.93. The Morgan fingerprint density at radius 3 is 1.68 bits per heavy atom. The average molecular weight is 512 g/mol. The summed E-state index contributed by atoms with van der Waals surface area (Å²) in [6, 6.07) is 48.3. The van der Waals surface area contributed by atoms with Crippen molar-refractivity contribution in [3.63, 3.8) is 0 Å². The third-order valence-electron chi connectivity index (χ3n) is 7.22. The second kappa shape index (κ2) is 10.4.